The normalized spacial score (nSPS) is 23.6. The van der Waals surface area contributed by atoms with Crippen LogP contribution < -0.4 is 5.32 Å². The Morgan fingerprint density at radius 2 is 2.24 bits per heavy atom. The molecular formula is C12H15NO4. The third-order valence-corrected chi connectivity index (χ3v) is 3.19. The van der Waals surface area contributed by atoms with E-state index < -0.39 is 5.97 Å². The van der Waals surface area contributed by atoms with Gasteiger partial charge in [-0.05, 0) is 32.3 Å². The monoisotopic (exact) mass is 237 g/mol. The van der Waals surface area contributed by atoms with E-state index in [4.69, 9.17) is 9.52 Å². The number of carboxylic acid groups (broad SMARTS) is 1. The van der Waals surface area contributed by atoms with Crippen LogP contribution in [0.15, 0.2) is 16.7 Å². The molecule has 2 atom stereocenters. The first-order valence-electron chi connectivity index (χ1n) is 5.65. The van der Waals surface area contributed by atoms with Crippen LogP contribution in [0.1, 0.15) is 35.4 Å². The van der Waals surface area contributed by atoms with E-state index in [0.29, 0.717) is 25.0 Å². The van der Waals surface area contributed by atoms with E-state index in [1.807, 2.05) is 0 Å². The molecule has 1 amide bonds. The largest absolute Gasteiger partial charge is 0.481 e. The Morgan fingerprint density at radius 1 is 1.47 bits per heavy atom. The standard InChI is InChI=1S/C12H15NO4/c1-7-4-5-17-10(7)11(14)13-9-3-2-8(6-9)12(15)16/h4-5,8-9H,2-3,6H2,1H3,(H,13,14)(H,15,16)/t8-,9-/m0/s1. The van der Waals surface area contributed by atoms with Crippen LogP contribution in [0.5, 0.6) is 0 Å². The van der Waals surface area contributed by atoms with Gasteiger partial charge in [-0.25, -0.2) is 0 Å². The van der Waals surface area contributed by atoms with E-state index in [-0.39, 0.29) is 17.9 Å². The fourth-order valence-electron chi connectivity index (χ4n) is 2.19. The van der Waals surface area contributed by atoms with Crippen LogP contribution in [0.25, 0.3) is 0 Å². The van der Waals surface area contributed by atoms with Crippen LogP contribution in [0.3, 0.4) is 0 Å². The molecule has 1 aromatic heterocycles. The highest BCUT2D eigenvalue weighted by atomic mass is 16.4. The second-order valence-corrected chi connectivity index (χ2v) is 4.45. The van der Waals surface area contributed by atoms with Crippen molar-refractivity contribution in [3.63, 3.8) is 0 Å². The molecule has 2 rings (SSSR count). The van der Waals surface area contributed by atoms with Gasteiger partial charge in [0, 0.05) is 11.6 Å². The van der Waals surface area contributed by atoms with Crippen molar-refractivity contribution in [2.24, 2.45) is 5.92 Å². The Kier molecular flexibility index (Phi) is 3.17. The number of amides is 1. The number of rotatable bonds is 3. The molecule has 0 aromatic carbocycles. The summed E-state index contributed by atoms with van der Waals surface area (Å²) in [6.45, 7) is 1.80. The maximum Gasteiger partial charge on any atom is 0.306 e. The summed E-state index contributed by atoms with van der Waals surface area (Å²) in [7, 11) is 0. The summed E-state index contributed by atoms with van der Waals surface area (Å²) in [6.07, 6.45) is 3.31. The van der Waals surface area contributed by atoms with Gasteiger partial charge in [0.05, 0.1) is 12.2 Å². The summed E-state index contributed by atoms with van der Waals surface area (Å²) in [5, 5.41) is 11.7. The van der Waals surface area contributed by atoms with E-state index >= 15 is 0 Å². The highest BCUT2D eigenvalue weighted by molar-refractivity contribution is 5.93. The topological polar surface area (TPSA) is 79.5 Å². The van der Waals surface area contributed by atoms with Crippen molar-refractivity contribution in [3.8, 4) is 0 Å². The summed E-state index contributed by atoms with van der Waals surface area (Å²) >= 11 is 0. The minimum atomic E-state index is -0.782. The minimum absolute atomic E-state index is 0.0619. The van der Waals surface area contributed by atoms with Crippen LogP contribution in [-0.2, 0) is 4.79 Å². The molecule has 1 heterocycles. The maximum absolute atomic E-state index is 11.8. The van der Waals surface area contributed by atoms with E-state index in [2.05, 4.69) is 5.32 Å². The van der Waals surface area contributed by atoms with Gasteiger partial charge in [0.15, 0.2) is 5.76 Å². The lowest BCUT2D eigenvalue weighted by Gasteiger charge is -2.11. The van der Waals surface area contributed by atoms with Crippen molar-refractivity contribution in [3.05, 3.63) is 23.7 Å². The van der Waals surface area contributed by atoms with Crippen LogP contribution in [0.2, 0.25) is 0 Å². The second kappa shape index (κ2) is 4.61. The fourth-order valence-corrected chi connectivity index (χ4v) is 2.19. The lowest BCUT2D eigenvalue weighted by atomic mass is 10.1. The highest BCUT2D eigenvalue weighted by Gasteiger charge is 2.31. The zero-order chi connectivity index (χ0) is 12.4. The molecule has 0 radical (unpaired) electrons. The third kappa shape index (κ3) is 2.49. The lowest BCUT2D eigenvalue weighted by Crippen LogP contribution is -2.33. The molecule has 1 aliphatic rings. The van der Waals surface area contributed by atoms with Gasteiger partial charge in [-0.15, -0.1) is 0 Å². The first kappa shape index (κ1) is 11.7. The zero-order valence-electron chi connectivity index (χ0n) is 9.60. The van der Waals surface area contributed by atoms with Gasteiger partial charge >= 0.3 is 5.97 Å². The number of aryl methyl sites for hydroxylation is 1. The molecule has 1 aromatic rings. The Balaban J connectivity index is 1.93. The molecule has 1 aliphatic carbocycles. The van der Waals surface area contributed by atoms with E-state index in [9.17, 15) is 9.59 Å². The SMILES string of the molecule is Cc1ccoc1C(=O)N[C@H]1CC[C@H](C(=O)O)C1. The average Bonchev–Trinajstić information content (AvgIpc) is 2.86. The van der Waals surface area contributed by atoms with Gasteiger partial charge in [-0.3, -0.25) is 9.59 Å². The fraction of sp³-hybridized carbons (Fsp3) is 0.500. The number of nitrogens with one attached hydrogen (secondary N) is 1. The summed E-state index contributed by atoms with van der Waals surface area (Å²) in [5.74, 6) is -1.07. The molecule has 2 N–H and O–H groups in total. The molecule has 0 spiro atoms. The molecule has 1 fully saturated rings. The van der Waals surface area contributed by atoms with E-state index in [0.717, 1.165) is 5.56 Å². The smallest absolute Gasteiger partial charge is 0.306 e. The van der Waals surface area contributed by atoms with Gasteiger partial charge in [0.2, 0.25) is 0 Å². The van der Waals surface area contributed by atoms with Gasteiger partial charge in [0.1, 0.15) is 0 Å². The first-order chi connectivity index (χ1) is 8.08. The van der Waals surface area contributed by atoms with Crippen molar-refractivity contribution in [2.45, 2.75) is 32.2 Å². The third-order valence-electron chi connectivity index (χ3n) is 3.19. The Morgan fingerprint density at radius 3 is 2.76 bits per heavy atom. The molecule has 1 saturated carbocycles. The van der Waals surface area contributed by atoms with Crippen molar-refractivity contribution < 1.29 is 19.1 Å². The molecule has 5 nitrogen and oxygen atoms in total. The molecular weight excluding hydrogens is 222 g/mol. The van der Waals surface area contributed by atoms with Crippen LogP contribution >= 0.6 is 0 Å². The first-order valence-corrected chi connectivity index (χ1v) is 5.65. The highest BCUT2D eigenvalue weighted by Crippen LogP contribution is 2.26. The van der Waals surface area contributed by atoms with Crippen molar-refractivity contribution in [2.75, 3.05) is 0 Å². The Hall–Kier alpha value is -1.78. The molecule has 0 bridgehead atoms. The molecule has 92 valence electrons. The number of hydrogen-bond acceptors (Lipinski definition) is 3. The molecule has 5 heteroatoms. The predicted molar refractivity (Wildman–Crippen MR) is 59.7 cm³/mol. The van der Waals surface area contributed by atoms with Crippen molar-refractivity contribution in [1.82, 2.24) is 5.32 Å². The van der Waals surface area contributed by atoms with Crippen LogP contribution in [-0.4, -0.2) is 23.0 Å². The summed E-state index contributed by atoms with van der Waals surface area (Å²) in [4.78, 5) is 22.6. The van der Waals surface area contributed by atoms with Crippen LogP contribution in [0, 0.1) is 12.8 Å². The number of carboxylic acids is 1. The molecule has 0 saturated heterocycles. The van der Waals surface area contributed by atoms with Gasteiger partial charge < -0.3 is 14.8 Å². The lowest BCUT2D eigenvalue weighted by molar-refractivity contribution is -0.141. The van der Waals surface area contributed by atoms with Crippen LogP contribution in [0.4, 0.5) is 0 Å². The van der Waals surface area contributed by atoms with E-state index in [1.165, 1.54) is 6.26 Å². The zero-order valence-corrected chi connectivity index (χ0v) is 9.60. The molecule has 17 heavy (non-hydrogen) atoms. The number of furan rings is 1. The average molecular weight is 237 g/mol. The number of aliphatic carboxylic acids is 1. The molecule has 0 unspecified atom stereocenters. The number of carbonyl (C=O) groups is 2. The van der Waals surface area contributed by atoms with Gasteiger partial charge in [0.25, 0.3) is 5.91 Å². The predicted octanol–water partition coefficient (Wildman–Crippen LogP) is 1.57. The second-order valence-electron chi connectivity index (χ2n) is 4.45. The summed E-state index contributed by atoms with van der Waals surface area (Å²) in [5.41, 5.74) is 0.787. The molecule has 0 aliphatic heterocycles. The van der Waals surface area contributed by atoms with Gasteiger partial charge in [-0.1, -0.05) is 0 Å². The van der Waals surface area contributed by atoms with Crippen molar-refractivity contribution in [1.29, 1.82) is 0 Å². The summed E-state index contributed by atoms with van der Waals surface area (Å²) in [6, 6.07) is 1.66. The minimum Gasteiger partial charge on any atom is -0.481 e. The summed E-state index contributed by atoms with van der Waals surface area (Å²) < 4.78 is 5.08. The maximum atomic E-state index is 11.8. The van der Waals surface area contributed by atoms with Crippen molar-refractivity contribution >= 4 is 11.9 Å². The van der Waals surface area contributed by atoms with E-state index in [1.54, 1.807) is 13.0 Å². The Labute approximate surface area is 98.8 Å². The van der Waals surface area contributed by atoms with Gasteiger partial charge in [-0.2, -0.15) is 0 Å². The number of hydrogen-bond donors (Lipinski definition) is 2. The number of carbonyl (C=O) groups excluding carboxylic acids is 1. The Bertz CT molecular complexity index is 437. The quantitative estimate of drug-likeness (QED) is 0.836.